The highest BCUT2D eigenvalue weighted by atomic mass is 31.0. The summed E-state index contributed by atoms with van der Waals surface area (Å²) < 4.78 is 26.9. The molecule has 0 radical (unpaired) electrons. The standard InChI is InChI=1S/C13H23F2P.2H2O/c1-8-2-4-9(5-3-8)10-6-11(14)13(15)12(16)7-10;;/h8-13H,2-7,16H2,1H3;2*1H2. The maximum absolute atomic E-state index is 13.5. The van der Waals surface area contributed by atoms with Crippen LogP contribution in [0, 0.1) is 17.8 Å². The van der Waals surface area contributed by atoms with Crippen LogP contribution in [0.3, 0.4) is 0 Å². The molecular formula is C13H27F2O2P. The molecular weight excluding hydrogens is 257 g/mol. The van der Waals surface area contributed by atoms with E-state index in [9.17, 15) is 8.78 Å². The smallest absolute Gasteiger partial charge is 0.137 e. The molecule has 0 aliphatic heterocycles. The van der Waals surface area contributed by atoms with Gasteiger partial charge in [0.25, 0.3) is 0 Å². The van der Waals surface area contributed by atoms with Crippen molar-refractivity contribution in [1.29, 1.82) is 0 Å². The van der Waals surface area contributed by atoms with E-state index < -0.39 is 12.3 Å². The molecule has 18 heavy (non-hydrogen) atoms. The van der Waals surface area contributed by atoms with Gasteiger partial charge in [-0.2, -0.15) is 0 Å². The maximum atomic E-state index is 13.5. The predicted octanol–water partition coefficient (Wildman–Crippen LogP) is 2.49. The van der Waals surface area contributed by atoms with Crippen molar-refractivity contribution in [1.82, 2.24) is 0 Å². The fraction of sp³-hybridized carbons (Fsp3) is 1.00. The number of rotatable bonds is 1. The maximum Gasteiger partial charge on any atom is 0.137 e. The molecule has 0 spiro atoms. The van der Waals surface area contributed by atoms with Crippen molar-refractivity contribution < 1.29 is 19.7 Å². The van der Waals surface area contributed by atoms with Gasteiger partial charge < -0.3 is 11.0 Å². The van der Waals surface area contributed by atoms with E-state index in [1.165, 1.54) is 25.7 Å². The summed E-state index contributed by atoms with van der Waals surface area (Å²) >= 11 is 0. The normalized spacial score (nSPS) is 44.7. The second-order valence-corrected chi connectivity index (χ2v) is 6.73. The molecule has 5 atom stereocenters. The Morgan fingerprint density at radius 2 is 1.44 bits per heavy atom. The number of hydrogen-bond donors (Lipinski definition) is 0. The third-order valence-corrected chi connectivity index (χ3v) is 5.22. The molecule has 5 unspecified atom stereocenters. The summed E-state index contributed by atoms with van der Waals surface area (Å²) in [6.07, 6.45) is 3.87. The molecule has 0 bridgehead atoms. The van der Waals surface area contributed by atoms with Crippen LogP contribution in [-0.2, 0) is 0 Å². The molecule has 110 valence electrons. The third kappa shape index (κ3) is 4.11. The van der Waals surface area contributed by atoms with Gasteiger partial charge in [-0.25, -0.2) is 8.78 Å². The minimum absolute atomic E-state index is 0. The molecule has 4 N–H and O–H groups in total. The molecule has 2 rings (SSSR count). The Kier molecular flexibility index (Phi) is 7.81. The van der Waals surface area contributed by atoms with Crippen LogP contribution >= 0.6 is 9.24 Å². The van der Waals surface area contributed by atoms with Crippen molar-refractivity contribution in [3.8, 4) is 0 Å². The lowest BCUT2D eigenvalue weighted by Crippen LogP contribution is -2.39. The number of hydrogen-bond acceptors (Lipinski definition) is 0. The Balaban J connectivity index is 0.00000144. The van der Waals surface area contributed by atoms with Gasteiger partial charge >= 0.3 is 0 Å². The highest BCUT2D eigenvalue weighted by Crippen LogP contribution is 2.43. The van der Waals surface area contributed by atoms with Crippen molar-refractivity contribution in [3.63, 3.8) is 0 Å². The zero-order valence-corrected chi connectivity index (χ0v) is 12.2. The van der Waals surface area contributed by atoms with E-state index in [1.54, 1.807) is 0 Å². The molecule has 0 heterocycles. The SMILES string of the molecule is CC1CCC(C2CC(F)C(F)C(P)C2)CC1.O.O. The first kappa shape index (κ1) is 18.2. The van der Waals surface area contributed by atoms with E-state index in [4.69, 9.17) is 0 Å². The summed E-state index contributed by atoms with van der Waals surface area (Å²) in [6.45, 7) is 2.30. The van der Waals surface area contributed by atoms with E-state index in [1.807, 2.05) is 0 Å². The molecule has 2 nitrogen and oxygen atoms in total. The lowest BCUT2D eigenvalue weighted by atomic mass is 9.70. The van der Waals surface area contributed by atoms with E-state index >= 15 is 0 Å². The van der Waals surface area contributed by atoms with E-state index in [0.29, 0.717) is 18.3 Å². The molecule has 5 heteroatoms. The van der Waals surface area contributed by atoms with Crippen LogP contribution in [0.5, 0.6) is 0 Å². The van der Waals surface area contributed by atoms with Gasteiger partial charge in [0, 0.05) is 5.66 Å². The minimum atomic E-state index is -1.25. The van der Waals surface area contributed by atoms with Gasteiger partial charge in [-0.3, -0.25) is 0 Å². The summed E-state index contributed by atoms with van der Waals surface area (Å²) in [5.41, 5.74) is -0.159. The molecule has 0 aromatic carbocycles. The topological polar surface area (TPSA) is 63.0 Å². The quantitative estimate of drug-likeness (QED) is 0.664. The first-order valence-corrected chi connectivity index (χ1v) is 7.28. The second-order valence-electron chi connectivity index (χ2n) is 5.88. The van der Waals surface area contributed by atoms with Gasteiger partial charge in [-0.1, -0.05) is 19.8 Å². The Hall–Kier alpha value is 0.210. The fourth-order valence-corrected chi connectivity index (χ4v) is 4.00. The zero-order valence-electron chi connectivity index (χ0n) is 11.0. The molecule has 2 fully saturated rings. The van der Waals surface area contributed by atoms with Gasteiger partial charge in [0.05, 0.1) is 0 Å². The van der Waals surface area contributed by atoms with Crippen molar-refractivity contribution in [2.75, 3.05) is 0 Å². The molecule has 0 saturated heterocycles. The van der Waals surface area contributed by atoms with E-state index in [2.05, 4.69) is 16.2 Å². The number of halogens is 2. The molecule has 2 saturated carbocycles. The van der Waals surface area contributed by atoms with Crippen LogP contribution in [-0.4, -0.2) is 29.0 Å². The van der Waals surface area contributed by atoms with Crippen LogP contribution in [0.2, 0.25) is 0 Å². The zero-order chi connectivity index (χ0) is 11.7. The average Bonchev–Trinajstić information content (AvgIpc) is 2.26. The monoisotopic (exact) mass is 284 g/mol. The third-order valence-electron chi connectivity index (χ3n) is 4.58. The Morgan fingerprint density at radius 3 is 1.94 bits per heavy atom. The Labute approximate surface area is 111 Å². The van der Waals surface area contributed by atoms with Gasteiger partial charge in [-0.05, 0) is 43.4 Å². The highest BCUT2D eigenvalue weighted by Gasteiger charge is 2.39. The minimum Gasteiger partial charge on any atom is -0.412 e. The fourth-order valence-electron chi connectivity index (χ4n) is 3.41. The highest BCUT2D eigenvalue weighted by molar-refractivity contribution is 7.17. The Morgan fingerprint density at radius 1 is 0.889 bits per heavy atom. The van der Waals surface area contributed by atoms with Crippen LogP contribution < -0.4 is 0 Å². The lowest BCUT2D eigenvalue weighted by molar-refractivity contribution is 0.0606. The second kappa shape index (κ2) is 7.72. The molecule has 2 aliphatic carbocycles. The van der Waals surface area contributed by atoms with Crippen molar-refractivity contribution in [2.45, 2.75) is 63.5 Å². The Bertz CT molecular complexity index is 223. The average molecular weight is 284 g/mol. The van der Waals surface area contributed by atoms with Crippen LogP contribution in [0.15, 0.2) is 0 Å². The largest absolute Gasteiger partial charge is 0.412 e. The van der Waals surface area contributed by atoms with E-state index in [-0.39, 0.29) is 16.6 Å². The summed E-state index contributed by atoms with van der Waals surface area (Å²) in [6, 6.07) is 0. The van der Waals surface area contributed by atoms with Crippen LogP contribution in [0.4, 0.5) is 8.78 Å². The lowest BCUT2D eigenvalue weighted by Gasteiger charge is -2.39. The van der Waals surface area contributed by atoms with Gasteiger partial charge in [0.1, 0.15) is 12.3 Å². The predicted molar refractivity (Wildman–Crippen MR) is 74.4 cm³/mol. The van der Waals surface area contributed by atoms with Crippen LogP contribution in [0.25, 0.3) is 0 Å². The molecule has 2 aliphatic rings. The summed E-state index contributed by atoms with van der Waals surface area (Å²) in [5, 5.41) is 0. The summed E-state index contributed by atoms with van der Waals surface area (Å²) in [4.78, 5) is 0. The molecule has 0 aromatic rings. The molecule has 0 amide bonds. The van der Waals surface area contributed by atoms with E-state index in [0.717, 1.165) is 12.3 Å². The number of alkyl halides is 2. The summed E-state index contributed by atoms with van der Waals surface area (Å²) in [7, 11) is 2.50. The van der Waals surface area contributed by atoms with Crippen LogP contribution in [0.1, 0.15) is 45.4 Å². The van der Waals surface area contributed by atoms with Gasteiger partial charge in [-0.15, -0.1) is 9.24 Å². The summed E-state index contributed by atoms with van der Waals surface area (Å²) in [5.74, 6) is 1.92. The van der Waals surface area contributed by atoms with Crippen molar-refractivity contribution in [2.24, 2.45) is 17.8 Å². The van der Waals surface area contributed by atoms with Crippen molar-refractivity contribution >= 4 is 9.24 Å². The van der Waals surface area contributed by atoms with Gasteiger partial charge in [0.15, 0.2) is 0 Å². The van der Waals surface area contributed by atoms with Gasteiger partial charge in [0.2, 0.25) is 0 Å². The first-order valence-electron chi connectivity index (χ1n) is 6.61. The van der Waals surface area contributed by atoms with Crippen molar-refractivity contribution in [3.05, 3.63) is 0 Å². The molecule has 0 aromatic heterocycles. The first-order chi connectivity index (χ1) is 7.58.